The molecule has 0 radical (unpaired) electrons. The molecule has 2 atom stereocenters. The zero-order chi connectivity index (χ0) is 14.7. The molecule has 0 saturated heterocycles. The maximum absolute atomic E-state index is 5.52. The van der Waals surface area contributed by atoms with E-state index in [1.807, 2.05) is 0 Å². The quantitative estimate of drug-likeness (QED) is 0.902. The molecule has 1 aliphatic carbocycles. The average molecular weight is 290 g/mol. The Morgan fingerprint density at radius 1 is 1.43 bits per heavy atom. The first-order valence-corrected chi connectivity index (χ1v) is 7.70. The third-order valence-electron chi connectivity index (χ3n) is 4.30. The van der Waals surface area contributed by atoms with E-state index < -0.39 is 0 Å². The second kappa shape index (κ2) is 6.34. The lowest BCUT2D eigenvalue weighted by molar-refractivity contribution is 0.297. The number of aromatic nitrogens is 5. The number of hydrogen-bond acceptors (Lipinski definition) is 6. The van der Waals surface area contributed by atoms with Crippen molar-refractivity contribution in [2.75, 3.05) is 0 Å². The molecule has 1 saturated carbocycles. The summed E-state index contributed by atoms with van der Waals surface area (Å²) in [5.74, 6) is 2.67. The van der Waals surface area contributed by atoms with Crippen molar-refractivity contribution in [3.8, 4) is 0 Å². The Kier molecular flexibility index (Phi) is 4.28. The summed E-state index contributed by atoms with van der Waals surface area (Å²) in [4.78, 5) is 4.54. The van der Waals surface area contributed by atoms with E-state index in [1.165, 1.54) is 25.7 Å². The van der Waals surface area contributed by atoms with Gasteiger partial charge in [0.15, 0.2) is 5.82 Å². The minimum absolute atomic E-state index is 0.384. The molecule has 7 nitrogen and oxygen atoms in total. The molecule has 2 unspecified atom stereocenters. The van der Waals surface area contributed by atoms with Crippen LogP contribution in [-0.2, 0) is 13.1 Å². The molecule has 114 valence electrons. The fraction of sp³-hybridized carbons (Fsp3) is 0.714. The third-order valence-corrected chi connectivity index (χ3v) is 4.30. The standard InChI is InChI=1S/C14H22N6O/c1-2-10-4-3-5-11(6-10)14-16-13(21-18-14)9-20-8-12(7-15)17-19-20/h8,10-11H,2-7,9,15H2,1H3. The molecule has 0 spiro atoms. The average Bonchev–Trinajstić information content (AvgIpc) is 3.17. The summed E-state index contributed by atoms with van der Waals surface area (Å²) in [5, 5.41) is 12.1. The molecular weight excluding hydrogens is 268 g/mol. The van der Waals surface area contributed by atoms with E-state index in [0.717, 1.165) is 23.9 Å². The molecule has 1 aliphatic rings. The monoisotopic (exact) mass is 290 g/mol. The highest BCUT2D eigenvalue weighted by Gasteiger charge is 2.26. The van der Waals surface area contributed by atoms with E-state index in [9.17, 15) is 0 Å². The van der Waals surface area contributed by atoms with Crippen LogP contribution in [0.15, 0.2) is 10.7 Å². The topological polar surface area (TPSA) is 95.7 Å². The van der Waals surface area contributed by atoms with Gasteiger partial charge in [-0.1, -0.05) is 36.6 Å². The van der Waals surface area contributed by atoms with Gasteiger partial charge in [0, 0.05) is 12.5 Å². The van der Waals surface area contributed by atoms with Crippen LogP contribution in [0.1, 0.15) is 62.4 Å². The van der Waals surface area contributed by atoms with E-state index >= 15 is 0 Å². The van der Waals surface area contributed by atoms with E-state index in [1.54, 1.807) is 10.9 Å². The van der Waals surface area contributed by atoms with Gasteiger partial charge >= 0.3 is 0 Å². The van der Waals surface area contributed by atoms with Crippen molar-refractivity contribution in [2.24, 2.45) is 11.7 Å². The summed E-state index contributed by atoms with van der Waals surface area (Å²) in [6.45, 7) is 3.09. The largest absolute Gasteiger partial charge is 0.337 e. The lowest BCUT2D eigenvalue weighted by atomic mass is 9.80. The van der Waals surface area contributed by atoms with Crippen LogP contribution < -0.4 is 5.73 Å². The Hall–Kier alpha value is -1.76. The van der Waals surface area contributed by atoms with Gasteiger partial charge in [-0.25, -0.2) is 4.68 Å². The maximum atomic E-state index is 5.52. The Balaban J connectivity index is 1.65. The van der Waals surface area contributed by atoms with Crippen LogP contribution in [0.25, 0.3) is 0 Å². The Morgan fingerprint density at radius 2 is 2.33 bits per heavy atom. The first-order valence-electron chi connectivity index (χ1n) is 7.70. The Morgan fingerprint density at radius 3 is 3.10 bits per heavy atom. The van der Waals surface area contributed by atoms with Crippen LogP contribution in [0.4, 0.5) is 0 Å². The first-order chi connectivity index (χ1) is 10.3. The van der Waals surface area contributed by atoms with Crippen molar-refractivity contribution in [3.63, 3.8) is 0 Å². The summed E-state index contributed by atoms with van der Waals surface area (Å²) >= 11 is 0. The van der Waals surface area contributed by atoms with Crippen molar-refractivity contribution >= 4 is 0 Å². The van der Waals surface area contributed by atoms with Gasteiger partial charge in [0.1, 0.15) is 6.54 Å². The highest BCUT2D eigenvalue weighted by molar-refractivity contribution is 4.99. The molecule has 0 bridgehead atoms. The second-order valence-electron chi connectivity index (χ2n) is 5.80. The Labute approximate surface area is 123 Å². The van der Waals surface area contributed by atoms with Gasteiger partial charge in [0.2, 0.25) is 5.89 Å². The van der Waals surface area contributed by atoms with E-state index in [2.05, 4.69) is 27.4 Å². The van der Waals surface area contributed by atoms with Crippen molar-refractivity contribution < 1.29 is 4.52 Å². The molecule has 0 aromatic carbocycles. The highest BCUT2D eigenvalue weighted by atomic mass is 16.5. The van der Waals surface area contributed by atoms with Gasteiger partial charge in [0.05, 0.1) is 11.9 Å². The lowest BCUT2D eigenvalue weighted by Crippen LogP contribution is -2.14. The number of rotatable bonds is 5. The minimum atomic E-state index is 0.384. The molecule has 2 heterocycles. The summed E-state index contributed by atoms with van der Waals surface area (Å²) in [6.07, 6.45) is 7.97. The van der Waals surface area contributed by atoms with Crippen molar-refractivity contribution in [2.45, 2.75) is 58.0 Å². The normalized spacial score (nSPS) is 22.6. The zero-order valence-corrected chi connectivity index (χ0v) is 12.4. The van der Waals surface area contributed by atoms with E-state index in [4.69, 9.17) is 10.3 Å². The molecular formula is C14H22N6O. The SMILES string of the molecule is CCC1CCCC(c2noc(Cn3cc(CN)nn3)n2)C1. The van der Waals surface area contributed by atoms with Crippen molar-refractivity contribution in [1.29, 1.82) is 0 Å². The molecule has 0 aliphatic heterocycles. The summed E-state index contributed by atoms with van der Waals surface area (Å²) < 4.78 is 7.03. The van der Waals surface area contributed by atoms with Crippen LogP contribution in [0.3, 0.4) is 0 Å². The molecule has 7 heteroatoms. The summed E-state index contributed by atoms with van der Waals surface area (Å²) in [7, 11) is 0. The molecule has 0 amide bonds. The van der Waals surface area contributed by atoms with E-state index in [-0.39, 0.29) is 0 Å². The smallest absolute Gasteiger partial charge is 0.248 e. The van der Waals surface area contributed by atoms with Crippen LogP contribution >= 0.6 is 0 Å². The van der Waals surface area contributed by atoms with Crippen molar-refractivity contribution in [3.05, 3.63) is 23.6 Å². The van der Waals surface area contributed by atoms with Gasteiger partial charge in [-0.3, -0.25) is 0 Å². The maximum Gasteiger partial charge on any atom is 0.248 e. The second-order valence-corrected chi connectivity index (χ2v) is 5.80. The van der Waals surface area contributed by atoms with Crippen LogP contribution in [0, 0.1) is 5.92 Å². The molecule has 2 aromatic heterocycles. The molecule has 3 rings (SSSR count). The van der Waals surface area contributed by atoms with Crippen molar-refractivity contribution in [1.82, 2.24) is 25.1 Å². The molecule has 2 aromatic rings. The highest BCUT2D eigenvalue weighted by Crippen LogP contribution is 2.36. The number of nitrogens with two attached hydrogens (primary N) is 1. The number of nitrogens with zero attached hydrogens (tertiary/aromatic N) is 5. The Bertz CT molecular complexity index is 578. The fourth-order valence-corrected chi connectivity index (χ4v) is 3.04. The van der Waals surface area contributed by atoms with Gasteiger partial charge in [-0.2, -0.15) is 4.98 Å². The van der Waals surface area contributed by atoms with E-state index in [0.29, 0.717) is 24.9 Å². The summed E-state index contributed by atoms with van der Waals surface area (Å²) in [5.41, 5.74) is 6.27. The van der Waals surface area contributed by atoms with Gasteiger partial charge < -0.3 is 10.3 Å². The third kappa shape index (κ3) is 3.29. The van der Waals surface area contributed by atoms with Crippen LogP contribution in [-0.4, -0.2) is 25.1 Å². The van der Waals surface area contributed by atoms with Gasteiger partial charge in [-0.05, 0) is 18.8 Å². The van der Waals surface area contributed by atoms with Crippen LogP contribution in [0.5, 0.6) is 0 Å². The van der Waals surface area contributed by atoms with Gasteiger partial charge in [-0.15, -0.1) is 5.10 Å². The predicted octanol–water partition coefficient (Wildman–Crippen LogP) is 1.85. The zero-order valence-electron chi connectivity index (χ0n) is 12.4. The molecule has 2 N–H and O–H groups in total. The molecule has 21 heavy (non-hydrogen) atoms. The summed E-state index contributed by atoms with van der Waals surface area (Å²) in [6, 6.07) is 0. The first kappa shape index (κ1) is 14.2. The predicted molar refractivity (Wildman–Crippen MR) is 76.3 cm³/mol. The number of hydrogen-bond donors (Lipinski definition) is 1. The van der Waals surface area contributed by atoms with Crippen LogP contribution in [0.2, 0.25) is 0 Å². The van der Waals surface area contributed by atoms with Gasteiger partial charge in [0.25, 0.3) is 0 Å². The fourth-order valence-electron chi connectivity index (χ4n) is 3.04. The molecule has 1 fully saturated rings. The minimum Gasteiger partial charge on any atom is -0.337 e. The lowest BCUT2D eigenvalue weighted by Gasteiger charge is -2.26.